The van der Waals surface area contributed by atoms with Crippen LogP contribution in [0.3, 0.4) is 0 Å². The highest BCUT2D eigenvalue weighted by molar-refractivity contribution is 6.11. The van der Waals surface area contributed by atoms with E-state index in [-0.39, 0.29) is 11.5 Å². The highest BCUT2D eigenvalue weighted by Gasteiger charge is 2.18. The van der Waals surface area contributed by atoms with Crippen molar-refractivity contribution in [3.63, 3.8) is 0 Å². The lowest BCUT2D eigenvalue weighted by molar-refractivity contribution is 0.0597. The average Bonchev–Trinajstić information content (AvgIpc) is 2.70. The number of methoxy groups -OCH3 is 1. The predicted octanol–water partition coefficient (Wildman–Crippen LogP) is 3.96. The number of hydrogen-bond donors (Lipinski definition) is 1. The molecule has 5 heteroatoms. The van der Waals surface area contributed by atoms with Crippen LogP contribution in [-0.4, -0.2) is 37.0 Å². The van der Waals surface area contributed by atoms with Gasteiger partial charge in [-0.1, -0.05) is 31.2 Å². The van der Waals surface area contributed by atoms with Crippen LogP contribution in [-0.2, 0) is 11.3 Å². The monoisotopic (exact) mass is 366 g/mol. The molecule has 1 aliphatic rings. The highest BCUT2D eigenvalue weighted by Crippen LogP contribution is 2.19. The predicted molar refractivity (Wildman–Crippen MR) is 106 cm³/mol. The second-order valence-corrected chi connectivity index (χ2v) is 7.15. The van der Waals surface area contributed by atoms with Crippen molar-refractivity contribution in [1.29, 1.82) is 0 Å². The minimum Gasteiger partial charge on any atom is -0.465 e. The third kappa shape index (κ3) is 4.95. The van der Waals surface area contributed by atoms with Gasteiger partial charge in [0.05, 0.1) is 18.2 Å². The lowest BCUT2D eigenvalue weighted by Gasteiger charge is -2.30. The number of anilines is 1. The first-order valence-corrected chi connectivity index (χ1v) is 9.37. The Balaban J connectivity index is 1.63. The van der Waals surface area contributed by atoms with Gasteiger partial charge in [-0.3, -0.25) is 9.69 Å². The number of ether oxygens (including phenoxy) is 1. The largest absolute Gasteiger partial charge is 0.465 e. The zero-order valence-corrected chi connectivity index (χ0v) is 15.9. The summed E-state index contributed by atoms with van der Waals surface area (Å²) in [5.41, 5.74) is 2.50. The van der Waals surface area contributed by atoms with Gasteiger partial charge in [-0.2, -0.15) is 0 Å². The van der Waals surface area contributed by atoms with E-state index in [0.717, 1.165) is 25.6 Å². The number of carbonyl (C=O) groups is 2. The molecule has 1 aliphatic heterocycles. The van der Waals surface area contributed by atoms with Gasteiger partial charge in [-0.25, -0.2) is 4.79 Å². The van der Waals surface area contributed by atoms with E-state index in [9.17, 15) is 9.59 Å². The number of nitrogens with one attached hydrogen (secondary N) is 1. The molecule has 142 valence electrons. The third-order valence-corrected chi connectivity index (χ3v) is 5.07. The summed E-state index contributed by atoms with van der Waals surface area (Å²) >= 11 is 0. The van der Waals surface area contributed by atoms with Crippen molar-refractivity contribution in [2.45, 2.75) is 26.3 Å². The van der Waals surface area contributed by atoms with E-state index in [0.29, 0.717) is 11.3 Å². The van der Waals surface area contributed by atoms with E-state index in [4.69, 9.17) is 4.74 Å². The van der Waals surface area contributed by atoms with Gasteiger partial charge in [0, 0.05) is 12.2 Å². The normalized spacial score (nSPS) is 15.3. The zero-order valence-electron chi connectivity index (χ0n) is 15.9. The molecule has 0 unspecified atom stereocenters. The van der Waals surface area contributed by atoms with Crippen LogP contribution in [0.1, 0.15) is 46.0 Å². The Labute approximate surface area is 160 Å². The Bertz CT molecular complexity index is 793. The molecule has 3 rings (SSSR count). The number of benzene rings is 2. The molecule has 27 heavy (non-hydrogen) atoms. The summed E-state index contributed by atoms with van der Waals surface area (Å²) in [4.78, 5) is 26.9. The van der Waals surface area contributed by atoms with Crippen LogP contribution in [0.5, 0.6) is 0 Å². The summed E-state index contributed by atoms with van der Waals surface area (Å²) in [6.45, 7) is 5.53. The van der Waals surface area contributed by atoms with Crippen LogP contribution < -0.4 is 5.32 Å². The highest BCUT2D eigenvalue weighted by atomic mass is 16.5. The van der Waals surface area contributed by atoms with Crippen molar-refractivity contribution in [1.82, 2.24) is 4.90 Å². The van der Waals surface area contributed by atoms with E-state index in [2.05, 4.69) is 17.1 Å². The molecule has 0 spiro atoms. The van der Waals surface area contributed by atoms with Crippen molar-refractivity contribution in [2.75, 3.05) is 25.5 Å². The Morgan fingerprint density at radius 2 is 1.67 bits per heavy atom. The summed E-state index contributed by atoms with van der Waals surface area (Å²) in [6, 6.07) is 14.5. The van der Waals surface area contributed by atoms with Crippen molar-refractivity contribution in [3.05, 3.63) is 65.2 Å². The SMILES string of the molecule is COC(=O)c1ccccc1C(=O)Nc1ccc(CN2CCC(C)CC2)cc1. The minimum absolute atomic E-state index is 0.258. The van der Waals surface area contributed by atoms with Crippen LogP contribution in [0.4, 0.5) is 5.69 Å². The van der Waals surface area contributed by atoms with Crippen molar-refractivity contribution in [2.24, 2.45) is 5.92 Å². The van der Waals surface area contributed by atoms with Crippen LogP contribution in [0.2, 0.25) is 0 Å². The van der Waals surface area contributed by atoms with Crippen LogP contribution >= 0.6 is 0 Å². The van der Waals surface area contributed by atoms with Gasteiger partial charge in [-0.15, -0.1) is 0 Å². The fraction of sp³-hybridized carbons (Fsp3) is 0.364. The molecule has 0 aromatic heterocycles. The Morgan fingerprint density at radius 1 is 1.04 bits per heavy atom. The first kappa shape index (κ1) is 19.1. The molecule has 1 N–H and O–H groups in total. The summed E-state index contributed by atoms with van der Waals surface area (Å²) < 4.78 is 4.75. The van der Waals surface area contributed by atoms with Gasteiger partial charge >= 0.3 is 5.97 Å². The Morgan fingerprint density at radius 3 is 2.30 bits per heavy atom. The molecular weight excluding hydrogens is 340 g/mol. The second-order valence-electron chi connectivity index (χ2n) is 7.15. The van der Waals surface area contributed by atoms with E-state index in [1.807, 2.05) is 24.3 Å². The maximum Gasteiger partial charge on any atom is 0.338 e. The molecule has 5 nitrogen and oxygen atoms in total. The molecule has 0 bridgehead atoms. The van der Waals surface area contributed by atoms with E-state index < -0.39 is 5.97 Å². The molecule has 0 atom stereocenters. The fourth-order valence-electron chi connectivity index (χ4n) is 3.34. The smallest absolute Gasteiger partial charge is 0.338 e. The summed E-state index contributed by atoms with van der Waals surface area (Å²) in [6.07, 6.45) is 2.52. The molecule has 0 saturated carbocycles. The number of likely N-dealkylation sites (tertiary alicyclic amines) is 1. The van der Waals surface area contributed by atoms with Crippen LogP contribution in [0.25, 0.3) is 0 Å². The van der Waals surface area contributed by atoms with Gasteiger partial charge in [-0.05, 0) is 61.7 Å². The van der Waals surface area contributed by atoms with E-state index >= 15 is 0 Å². The van der Waals surface area contributed by atoms with E-state index in [1.54, 1.807) is 24.3 Å². The van der Waals surface area contributed by atoms with Crippen LogP contribution in [0.15, 0.2) is 48.5 Å². The molecule has 1 fully saturated rings. The number of carbonyl (C=O) groups excluding carboxylic acids is 2. The minimum atomic E-state index is -0.521. The van der Waals surface area contributed by atoms with Gasteiger partial charge in [0.15, 0.2) is 0 Å². The number of rotatable bonds is 5. The third-order valence-electron chi connectivity index (χ3n) is 5.07. The number of piperidine rings is 1. The number of nitrogens with zero attached hydrogens (tertiary/aromatic N) is 1. The zero-order chi connectivity index (χ0) is 19.2. The topological polar surface area (TPSA) is 58.6 Å². The standard InChI is InChI=1S/C22H26N2O3/c1-16-11-13-24(14-12-16)15-17-7-9-18(10-8-17)23-21(25)19-5-3-4-6-20(19)22(26)27-2/h3-10,16H,11-15H2,1-2H3,(H,23,25). The lowest BCUT2D eigenvalue weighted by atomic mass is 9.99. The molecule has 0 radical (unpaired) electrons. The van der Waals surface area contributed by atoms with Gasteiger partial charge < -0.3 is 10.1 Å². The van der Waals surface area contributed by atoms with Gasteiger partial charge in [0.2, 0.25) is 0 Å². The van der Waals surface area contributed by atoms with Crippen LogP contribution in [0, 0.1) is 5.92 Å². The first-order valence-electron chi connectivity index (χ1n) is 9.37. The van der Waals surface area contributed by atoms with Crippen molar-refractivity contribution >= 4 is 17.6 Å². The van der Waals surface area contributed by atoms with Crippen molar-refractivity contribution in [3.8, 4) is 0 Å². The molecular formula is C22H26N2O3. The molecule has 1 amide bonds. The first-order chi connectivity index (χ1) is 13.1. The van der Waals surface area contributed by atoms with Crippen molar-refractivity contribution < 1.29 is 14.3 Å². The van der Waals surface area contributed by atoms with Gasteiger partial charge in [0.1, 0.15) is 0 Å². The summed E-state index contributed by atoms with van der Waals surface area (Å²) in [5.74, 6) is -0.0209. The molecule has 2 aromatic rings. The summed E-state index contributed by atoms with van der Waals surface area (Å²) in [7, 11) is 1.30. The molecule has 1 heterocycles. The number of amides is 1. The van der Waals surface area contributed by atoms with Gasteiger partial charge in [0.25, 0.3) is 5.91 Å². The van der Waals surface area contributed by atoms with E-state index in [1.165, 1.54) is 25.5 Å². The fourth-order valence-corrected chi connectivity index (χ4v) is 3.34. The number of hydrogen-bond acceptors (Lipinski definition) is 4. The summed E-state index contributed by atoms with van der Waals surface area (Å²) in [5, 5.41) is 2.85. The maximum atomic E-state index is 12.6. The maximum absolute atomic E-state index is 12.6. The number of esters is 1. The Hall–Kier alpha value is -2.66. The average molecular weight is 366 g/mol. The molecule has 2 aromatic carbocycles. The molecule has 0 aliphatic carbocycles. The Kier molecular flexibility index (Phi) is 6.24. The quantitative estimate of drug-likeness (QED) is 0.814. The second kappa shape index (κ2) is 8.82. The molecule has 1 saturated heterocycles. The lowest BCUT2D eigenvalue weighted by Crippen LogP contribution is -2.32.